The van der Waals surface area contributed by atoms with Crippen molar-refractivity contribution in [3.05, 3.63) is 0 Å². The molecule has 6 N–H and O–H groups in total. The van der Waals surface area contributed by atoms with E-state index in [-0.39, 0.29) is 11.8 Å². The standard InChI is InChI=1S/2C4H9NO.CH2O3/c2*1-2-3-4(5)6;2-1(3)4/h2*2-3H2,1H3,(H2,5,6);(H2,2,3,4). The van der Waals surface area contributed by atoms with Crippen LogP contribution in [0.25, 0.3) is 0 Å². The van der Waals surface area contributed by atoms with Gasteiger partial charge in [-0.15, -0.1) is 0 Å². The van der Waals surface area contributed by atoms with E-state index < -0.39 is 6.16 Å². The first kappa shape index (κ1) is 19.7. The lowest BCUT2D eigenvalue weighted by Crippen LogP contribution is -2.08. The van der Waals surface area contributed by atoms with Crippen molar-refractivity contribution >= 4 is 18.0 Å². The lowest BCUT2D eigenvalue weighted by atomic mass is 10.3. The molecule has 0 aliphatic rings. The van der Waals surface area contributed by atoms with Crippen LogP contribution in [0, 0.1) is 0 Å². The van der Waals surface area contributed by atoms with E-state index in [1.807, 2.05) is 13.8 Å². The van der Waals surface area contributed by atoms with Crippen LogP contribution in [0.1, 0.15) is 39.5 Å². The molecule has 96 valence electrons. The molecule has 0 rings (SSSR count). The second kappa shape index (κ2) is 15.7. The normalized spacial score (nSPS) is 7.62. The highest BCUT2D eigenvalue weighted by molar-refractivity contribution is 5.73. The quantitative estimate of drug-likeness (QED) is 0.569. The molecule has 0 heterocycles. The Bertz CT molecular complexity index is 186. The predicted octanol–water partition coefficient (Wildman–Crippen LogP) is 0.766. The summed E-state index contributed by atoms with van der Waals surface area (Å²) in [6, 6.07) is 0. The molecular formula is C9H20N2O5. The minimum atomic E-state index is -1.83. The Labute approximate surface area is 94.4 Å². The van der Waals surface area contributed by atoms with E-state index in [2.05, 4.69) is 0 Å². The third-order valence-electron chi connectivity index (χ3n) is 0.993. The minimum absolute atomic E-state index is 0.211. The smallest absolute Gasteiger partial charge is 0.450 e. The van der Waals surface area contributed by atoms with Gasteiger partial charge in [0, 0.05) is 12.8 Å². The maximum atomic E-state index is 9.82. The molecule has 2 amide bonds. The van der Waals surface area contributed by atoms with Crippen LogP contribution in [0.3, 0.4) is 0 Å². The van der Waals surface area contributed by atoms with Crippen molar-refractivity contribution in [2.75, 3.05) is 0 Å². The van der Waals surface area contributed by atoms with Crippen LogP contribution >= 0.6 is 0 Å². The molecule has 0 aromatic carbocycles. The fourth-order valence-electron chi connectivity index (χ4n) is 0.493. The predicted molar refractivity (Wildman–Crippen MR) is 58.9 cm³/mol. The zero-order chi connectivity index (χ0) is 13.6. The van der Waals surface area contributed by atoms with Gasteiger partial charge in [0.1, 0.15) is 0 Å². The fraction of sp³-hybridized carbons (Fsp3) is 0.667. The number of nitrogens with two attached hydrogens (primary N) is 2. The molecule has 0 fully saturated rings. The molecule has 0 aliphatic carbocycles. The van der Waals surface area contributed by atoms with Gasteiger partial charge < -0.3 is 21.7 Å². The number of carbonyl (C=O) groups is 3. The molecule has 7 heteroatoms. The Kier molecular flexibility index (Phi) is 19.3. The molecule has 0 bridgehead atoms. The summed E-state index contributed by atoms with van der Waals surface area (Å²) in [6.45, 7) is 3.84. The van der Waals surface area contributed by atoms with Crippen molar-refractivity contribution < 1.29 is 24.6 Å². The fourth-order valence-corrected chi connectivity index (χ4v) is 0.493. The Morgan fingerprint density at radius 2 is 1.06 bits per heavy atom. The van der Waals surface area contributed by atoms with Crippen LogP contribution in [-0.4, -0.2) is 28.2 Å². The van der Waals surface area contributed by atoms with Gasteiger partial charge in [0.25, 0.3) is 0 Å². The summed E-state index contributed by atoms with van der Waals surface area (Å²) < 4.78 is 0. The van der Waals surface area contributed by atoms with Crippen molar-refractivity contribution in [3.63, 3.8) is 0 Å². The van der Waals surface area contributed by atoms with E-state index in [9.17, 15) is 9.59 Å². The van der Waals surface area contributed by atoms with Gasteiger partial charge in [-0.2, -0.15) is 0 Å². The third-order valence-corrected chi connectivity index (χ3v) is 0.993. The number of primary amides is 2. The van der Waals surface area contributed by atoms with E-state index >= 15 is 0 Å². The first-order valence-corrected chi connectivity index (χ1v) is 4.76. The Balaban J connectivity index is -0.000000162. The first-order chi connectivity index (χ1) is 7.27. The Morgan fingerprint density at radius 1 is 0.875 bits per heavy atom. The van der Waals surface area contributed by atoms with Gasteiger partial charge in [-0.1, -0.05) is 13.8 Å². The zero-order valence-electron chi connectivity index (χ0n) is 9.60. The number of carboxylic acid groups (broad SMARTS) is 2. The van der Waals surface area contributed by atoms with E-state index in [1.54, 1.807) is 0 Å². The summed E-state index contributed by atoms with van der Waals surface area (Å²) in [5.41, 5.74) is 9.53. The van der Waals surface area contributed by atoms with E-state index in [0.717, 1.165) is 12.8 Å². The molecule has 7 nitrogen and oxygen atoms in total. The van der Waals surface area contributed by atoms with Crippen molar-refractivity contribution in [1.29, 1.82) is 0 Å². The lowest BCUT2D eigenvalue weighted by Gasteiger charge is -1.81. The monoisotopic (exact) mass is 236 g/mol. The largest absolute Gasteiger partial charge is 0.503 e. The average Bonchev–Trinajstić information content (AvgIpc) is 2.02. The first-order valence-electron chi connectivity index (χ1n) is 4.76. The maximum absolute atomic E-state index is 9.82. The van der Waals surface area contributed by atoms with E-state index in [4.69, 9.17) is 26.5 Å². The highest BCUT2D eigenvalue weighted by Gasteiger charge is 1.84. The number of hydrogen-bond acceptors (Lipinski definition) is 3. The third kappa shape index (κ3) is 86.6. The van der Waals surface area contributed by atoms with Crippen LogP contribution in [0.2, 0.25) is 0 Å². The molecule has 0 spiro atoms. The van der Waals surface area contributed by atoms with Crippen LogP contribution in [0.5, 0.6) is 0 Å². The summed E-state index contributed by atoms with van der Waals surface area (Å²) in [7, 11) is 0. The topological polar surface area (TPSA) is 144 Å². The van der Waals surface area contributed by atoms with Crippen LogP contribution < -0.4 is 11.5 Å². The second-order valence-corrected chi connectivity index (χ2v) is 2.72. The number of hydrogen-bond donors (Lipinski definition) is 4. The SMILES string of the molecule is CCCC(N)=O.CCCC(N)=O.O=C(O)O. The van der Waals surface area contributed by atoms with Crippen molar-refractivity contribution in [2.24, 2.45) is 11.5 Å². The van der Waals surface area contributed by atoms with Gasteiger partial charge in [0.2, 0.25) is 11.8 Å². The molecule has 0 aromatic heterocycles. The second-order valence-electron chi connectivity index (χ2n) is 2.72. The Hall–Kier alpha value is -1.79. The van der Waals surface area contributed by atoms with Gasteiger partial charge in [-0.3, -0.25) is 9.59 Å². The molecule has 0 saturated carbocycles. The van der Waals surface area contributed by atoms with Gasteiger partial charge in [-0.25, -0.2) is 4.79 Å². The van der Waals surface area contributed by atoms with Gasteiger partial charge in [0.05, 0.1) is 0 Å². The minimum Gasteiger partial charge on any atom is -0.450 e. The summed E-state index contributed by atoms with van der Waals surface area (Å²) in [5.74, 6) is -0.421. The zero-order valence-corrected chi connectivity index (χ0v) is 9.60. The lowest BCUT2D eigenvalue weighted by molar-refractivity contribution is -0.118. The molecule has 0 radical (unpaired) electrons. The summed E-state index contributed by atoms with van der Waals surface area (Å²) >= 11 is 0. The number of rotatable bonds is 4. The molecule has 0 atom stereocenters. The molecule has 0 saturated heterocycles. The average molecular weight is 236 g/mol. The van der Waals surface area contributed by atoms with Crippen LogP contribution in [0.4, 0.5) is 4.79 Å². The van der Waals surface area contributed by atoms with Crippen LogP contribution in [0.15, 0.2) is 0 Å². The van der Waals surface area contributed by atoms with Crippen molar-refractivity contribution in [2.45, 2.75) is 39.5 Å². The van der Waals surface area contributed by atoms with Crippen molar-refractivity contribution in [3.8, 4) is 0 Å². The molecule has 0 unspecified atom stereocenters. The number of amides is 2. The highest BCUT2D eigenvalue weighted by Crippen LogP contribution is 1.80. The van der Waals surface area contributed by atoms with E-state index in [0.29, 0.717) is 12.8 Å². The molecule has 0 aromatic rings. The maximum Gasteiger partial charge on any atom is 0.503 e. The summed E-state index contributed by atoms with van der Waals surface area (Å²) in [6.07, 6.45) is 0.907. The summed E-state index contributed by atoms with van der Waals surface area (Å²) in [4.78, 5) is 28.2. The van der Waals surface area contributed by atoms with Gasteiger partial charge in [0.15, 0.2) is 0 Å². The molecule has 16 heavy (non-hydrogen) atoms. The molecular weight excluding hydrogens is 216 g/mol. The van der Waals surface area contributed by atoms with Gasteiger partial charge in [-0.05, 0) is 12.8 Å². The summed E-state index contributed by atoms with van der Waals surface area (Å²) in [5, 5.41) is 13.9. The van der Waals surface area contributed by atoms with E-state index in [1.165, 1.54) is 0 Å². The van der Waals surface area contributed by atoms with Gasteiger partial charge >= 0.3 is 6.16 Å². The highest BCUT2D eigenvalue weighted by atomic mass is 16.6. The number of carbonyl (C=O) groups excluding carboxylic acids is 2. The Morgan fingerprint density at radius 3 is 1.06 bits per heavy atom. The molecule has 0 aliphatic heterocycles. The van der Waals surface area contributed by atoms with Crippen molar-refractivity contribution in [1.82, 2.24) is 0 Å². The van der Waals surface area contributed by atoms with Crippen LogP contribution in [-0.2, 0) is 9.59 Å².